The van der Waals surface area contributed by atoms with E-state index < -0.39 is 0 Å². The first-order valence-corrected chi connectivity index (χ1v) is 6.72. The molecule has 0 saturated carbocycles. The second-order valence-corrected chi connectivity index (χ2v) is 4.71. The number of ether oxygens (including phenoxy) is 2. The Morgan fingerprint density at radius 2 is 2.21 bits per heavy atom. The smallest absolute Gasteiger partial charge is 0.124 e. The van der Waals surface area contributed by atoms with Gasteiger partial charge in [0.05, 0.1) is 25.4 Å². The van der Waals surface area contributed by atoms with E-state index >= 15 is 0 Å². The molecule has 0 spiro atoms. The van der Waals surface area contributed by atoms with Crippen LogP contribution >= 0.6 is 0 Å². The molecular weight excluding hydrogens is 240 g/mol. The van der Waals surface area contributed by atoms with Gasteiger partial charge in [-0.1, -0.05) is 12.1 Å². The molecule has 1 heterocycles. The van der Waals surface area contributed by atoms with Crippen molar-refractivity contribution < 1.29 is 9.47 Å². The lowest BCUT2D eigenvalue weighted by atomic mass is 10.1. The van der Waals surface area contributed by atoms with Gasteiger partial charge < -0.3 is 9.47 Å². The van der Waals surface area contributed by atoms with E-state index in [1.807, 2.05) is 38.1 Å². The molecule has 1 saturated heterocycles. The molecule has 2 atom stereocenters. The van der Waals surface area contributed by atoms with Crippen LogP contribution in [0.1, 0.15) is 25.5 Å². The fourth-order valence-electron chi connectivity index (χ4n) is 2.36. The maximum Gasteiger partial charge on any atom is 0.124 e. The standard InChI is InChI=1S/C15H20N2O2/c1-3-18-14-6-4-13(5-7-14)15(10-16)17-8-9-19-12(2)11-17/h4-7,12,15H,3,8-9,11H2,1-2H3. The molecule has 4 heteroatoms. The van der Waals surface area contributed by atoms with E-state index in [0.29, 0.717) is 13.2 Å². The van der Waals surface area contributed by atoms with Crippen LogP contribution in [0.5, 0.6) is 5.75 Å². The largest absolute Gasteiger partial charge is 0.494 e. The molecule has 1 aliphatic rings. The maximum absolute atomic E-state index is 9.43. The monoisotopic (exact) mass is 260 g/mol. The van der Waals surface area contributed by atoms with Crippen molar-refractivity contribution in [2.75, 3.05) is 26.3 Å². The van der Waals surface area contributed by atoms with E-state index in [1.54, 1.807) is 0 Å². The van der Waals surface area contributed by atoms with Crippen molar-refractivity contribution in [3.8, 4) is 11.8 Å². The zero-order chi connectivity index (χ0) is 13.7. The van der Waals surface area contributed by atoms with Crippen LogP contribution in [0.15, 0.2) is 24.3 Å². The van der Waals surface area contributed by atoms with Crippen molar-refractivity contribution in [1.29, 1.82) is 5.26 Å². The van der Waals surface area contributed by atoms with Gasteiger partial charge in [0, 0.05) is 13.1 Å². The molecule has 19 heavy (non-hydrogen) atoms. The van der Waals surface area contributed by atoms with Gasteiger partial charge in [-0.15, -0.1) is 0 Å². The van der Waals surface area contributed by atoms with Gasteiger partial charge in [0.1, 0.15) is 11.8 Å². The quantitative estimate of drug-likeness (QED) is 0.833. The van der Waals surface area contributed by atoms with Crippen LogP contribution in [-0.4, -0.2) is 37.3 Å². The Kier molecular flexibility index (Phi) is 4.78. The number of rotatable bonds is 4. The number of nitrogens with zero attached hydrogens (tertiary/aromatic N) is 2. The second kappa shape index (κ2) is 6.55. The Bertz CT molecular complexity index is 438. The number of nitriles is 1. The summed E-state index contributed by atoms with van der Waals surface area (Å²) >= 11 is 0. The minimum absolute atomic E-state index is 0.187. The lowest BCUT2D eigenvalue weighted by Gasteiger charge is -2.34. The molecule has 1 aromatic carbocycles. The summed E-state index contributed by atoms with van der Waals surface area (Å²) in [5.74, 6) is 0.846. The van der Waals surface area contributed by atoms with Crippen molar-refractivity contribution in [3.05, 3.63) is 29.8 Å². The van der Waals surface area contributed by atoms with Gasteiger partial charge in [-0.2, -0.15) is 5.26 Å². The Labute approximate surface area is 114 Å². The highest BCUT2D eigenvalue weighted by Crippen LogP contribution is 2.24. The third-order valence-electron chi connectivity index (χ3n) is 3.27. The SMILES string of the molecule is CCOc1ccc(C(C#N)N2CCOC(C)C2)cc1. The summed E-state index contributed by atoms with van der Waals surface area (Å²) in [5, 5.41) is 9.43. The average molecular weight is 260 g/mol. The van der Waals surface area contributed by atoms with Gasteiger partial charge in [0.25, 0.3) is 0 Å². The summed E-state index contributed by atoms with van der Waals surface area (Å²) < 4.78 is 10.9. The zero-order valence-electron chi connectivity index (χ0n) is 11.5. The van der Waals surface area contributed by atoms with Gasteiger partial charge in [-0.3, -0.25) is 4.90 Å². The molecule has 4 nitrogen and oxygen atoms in total. The molecule has 0 aromatic heterocycles. The first kappa shape index (κ1) is 13.9. The van der Waals surface area contributed by atoms with E-state index in [-0.39, 0.29) is 12.1 Å². The lowest BCUT2D eigenvalue weighted by molar-refractivity contribution is -0.0269. The number of hydrogen-bond donors (Lipinski definition) is 0. The topological polar surface area (TPSA) is 45.5 Å². The highest BCUT2D eigenvalue weighted by atomic mass is 16.5. The molecule has 1 fully saturated rings. The van der Waals surface area contributed by atoms with Crippen LogP contribution in [-0.2, 0) is 4.74 Å². The molecule has 1 aliphatic heterocycles. The van der Waals surface area contributed by atoms with Crippen LogP contribution in [0.4, 0.5) is 0 Å². The summed E-state index contributed by atoms with van der Waals surface area (Å²) in [5.41, 5.74) is 1.01. The van der Waals surface area contributed by atoms with Crippen LogP contribution in [0.25, 0.3) is 0 Å². The molecule has 0 N–H and O–H groups in total. The van der Waals surface area contributed by atoms with Gasteiger partial charge >= 0.3 is 0 Å². The summed E-state index contributed by atoms with van der Waals surface area (Å²) in [6, 6.07) is 9.97. The molecular formula is C15H20N2O2. The molecule has 2 rings (SSSR count). The Balaban J connectivity index is 2.10. The molecule has 1 aromatic rings. The zero-order valence-corrected chi connectivity index (χ0v) is 11.5. The third-order valence-corrected chi connectivity index (χ3v) is 3.27. The minimum Gasteiger partial charge on any atom is -0.494 e. The molecule has 2 unspecified atom stereocenters. The van der Waals surface area contributed by atoms with Crippen molar-refractivity contribution in [2.45, 2.75) is 26.0 Å². The van der Waals surface area contributed by atoms with Crippen molar-refractivity contribution in [2.24, 2.45) is 0 Å². The molecule has 102 valence electrons. The fourth-order valence-corrected chi connectivity index (χ4v) is 2.36. The predicted octanol–water partition coefficient (Wildman–Crippen LogP) is 2.37. The summed E-state index contributed by atoms with van der Waals surface area (Å²) in [4.78, 5) is 2.17. The Morgan fingerprint density at radius 1 is 1.47 bits per heavy atom. The van der Waals surface area contributed by atoms with Crippen LogP contribution < -0.4 is 4.74 Å². The van der Waals surface area contributed by atoms with Gasteiger partial charge in [0.15, 0.2) is 0 Å². The second-order valence-electron chi connectivity index (χ2n) is 4.71. The van der Waals surface area contributed by atoms with Gasteiger partial charge in [0.2, 0.25) is 0 Å². The summed E-state index contributed by atoms with van der Waals surface area (Å²) in [7, 11) is 0. The van der Waals surface area contributed by atoms with Crippen molar-refractivity contribution in [3.63, 3.8) is 0 Å². The van der Waals surface area contributed by atoms with E-state index in [2.05, 4.69) is 11.0 Å². The molecule has 0 bridgehead atoms. The molecule has 0 amide bonds. The predicted molar refractivity (Wildman–Crippen MR) is 73.0 cm³/mol. The van der Waals surface area contributed by atoms with E-state index in [1.165, 1.54) is 0 Å². The van der Waals surface area contributed by atoms with Crippen LogP contribution in [0.3, 0.4) is 0 Å². The normalized spacial score (nSPS) is 21.6. The maximum atomic E-state index is 9.43. The summed E-state index contributed by atoms with van der Waals surface area (Å²) in [6.07, 6.45) is 0.187. The van der Waals surface area contributed by atoms with Gasteiger partial charge in [-0.25, -0.2) is 0 Å². The highest BCUT2D eigenvalue weighted by Gasteiger charge is 2.25. The van der Waals surface area contributed by atoms with Crippen LogP contribution in [0, 0.1) is 11.3 Å². The first-order chi connectivity index (χ1) is 9.24. The summed E-state index contributed by atoms with van der Waals surface area (Å²) in [6.45, 7) is 6.94. The number of hydrogen-bond acceptors (Lipinski definition) is 4. The Hall–Kier alpha value is -1.57. The van der Waals surface area contributed by atoms with Crippen LogP contribution in [0.2, 0.25) is 0 Å². The minimum atomic E-state index is -0.206. The third kappa shape index (κ3) is 3.46. The van der Waals surface area contributed by atoms with E-state index in [0.717, 1.165) is 24.4 Å². The number of benzene rings is 1. The lowest BCUT2D eigenvalue weighted by Crippen LogP contribution is -2.42. The average Bonchev–Trinajstić information content (AvgIpc) is 2.42. The fraction of sp³-hybridized carbons (Fsp3) is 0.533. The number of morpholine rings is 1. The highest BCUT2D eigenvalue weighted by molar-refractivity contribution is 5.31. The molecule has 0 aliphatic carbocycles. The first-order valence-electron chi connectivity index (χ1n) is 6.72. The molecule has 0 radical (unpaired) electrons. The Morgan fingerprint density at radius 3 is 2.79 bits per heavy atom. The van der Waals surface area contributed by atoms with Gasteiger partial charge in [-0.05, 0) is 31.5 Å². The van der Waals surface area contributed by atoms with E-state index in [9.17, 15) is 5.26 Å². The van der Waals surface area contributed by atoms with Crippen molar-refractivity contribution >= 4 is 0 Å². The van der Waals surface area contributed by atoms with E-state index in [4.69, 9.17) is 9.47 Å². The van der Waals surface area contributed by atoms with Crippen molar-refractivity contribution in [1.82, 2.24) is 4.90 Å².